The molecule has 1 atom stereocenters. The number of ether oxygens (including phenoxy) is 2. The maximum absolute atomic E-state index is 12.4. The quantitative estimate of drug-likeness (QED) is 0.354. The highest BCUT2D eigenvalue weighted by atomic mass is 16.6. The van der Waals surface area contributed by atoms with E-state index in [4.69, 9.17) is 9.47 Å². The van der Waals surface area contributed by atoms with E-state index in [-0.39, 0.29) is 23.7 Å². The molecule has 0 aliphatic carbocycles. The van der Waals surface area contributed by atoms with Crippen molar-refractivity contribution in [2.75, 3.05) is 6.61 Å². The number of carbonyl (C=O) groups is 2. The van der Waals surface area contributed by atoms with Crippen molar-refractivity contribution in [2.24, 2.45) is 0 Å². The number of carbonyl (C=O) groups excluding carboxylic acids is 2. The molecule has 0 amide bonds. The Hall–Kier alpha value is -2.51. The number of pyridine rings is 1. The Morgan fingerprint density at radius 2 is 1.91 bits per heavy atom. The largest absolute Gasteiger partial charge is 0.465 e. The normalized spacial score (nSPS) is 12.4. The zero-order chi connectivity index (χ0) is 17.8. The van der Waals surface area contributed by atoms with Crippen LogP contribution in [0.4, 0.5) is 5.82 Å². The summed E-state index contributed by atoms with van der Waals surface area (Å²) in [6, 6.07) is 2.46. The number of hydrogen-bond acceptors (Lipinski definition) is 7. The van der Waals surface area contributed by atoms with Crippen LogP contribution in [0, 0.1) is 17.0 Å². The number of nitro groups is 1. The molecule has 0 spiro atoms. The molecule has 0 saturated carbocycles. The van der Waals surface area contributed by atoms with E-state index in [9.17, 15) is 19.7 Å². The van der Waals surface area contributed by atoms with E-state index in [2.05, 4.69) is 4.98 Å². The molecule has 0 N–H and O–H groups in total. The van der Waals surface area contributed by atoms with Crippen LogP contribution >= 0.6 is 0 Å². The van der Waals surface area contributed by atoms with Gasteiger partial charge in [0.1, 0.15) is 5.60 Å². The van der Waals surface area contributed by atoms with E-state index in [1.165, 1.54) is 13.0 Å². The highest BCUT2D eigenvalue weighted by molar-refractivity contribution is 6.01. The number of hydrogen-bond donors (Lipinski definition) is 0. The summed E-state index contributed by atoms with van der Waals surface area (Å²) in [5.74, 6) is -3.25. The minimum atomic E-state index is -1.33. The average molecular weight is 324 g/mol. The zero-order valence-corrected chi connectivity index (χ0v) is 13.8. The molecule has 0 bridgehead atoms. The fourth-order valence-corrected chi connectivity index (χ4v) is 1.90. The predicted octanol–water partition coefficient (Wildman–Crippen LogP) is 2.29. The van der Waals surface area contributed by atoms with Gasteiger partial charge in [0.2, 0.25) is 0 Å². The van der Waals surface area contributed by atoms with Crippen LogP contribution in [0.2, 0.25) is 0 Å². The Balaban J connectivity index is 3.27. The van der Waals surface area contributed by atoms with Crippen LogP contribution in [-0.4, -0.2) is 34.1 Å². The van der Waals surface area contributed by atoms with Crippen molar-refractivity contribution in [3.8, 4) is 0 Å². The smallest absolute Gasteiger partial charge is 0.363 e. The molecule has 8 nitrogen and oxygen atoms in total. The molecule has 1 aromatic heterocycles. The van der Waals surface area contributed by atoms with Gasteiger partial charge < -0.3 is 19.6 Å². The van der Waals surface area contributed by atoms with Crippen LogP contribution in [0.1, 0.15) is 44.9 Å². The standard InChI is InChI=1S/C15H20N2O6/c1-6-22-13(18)12(14(19)23-15(3,4)5)10-7-8-11(17(20)21)16-9(10)2/h7-8,12H,6H2,1-5H3/t12-/m0/s1. The van der Waals surface area contributed by atoms with Gasteiger partial charge in [0.05, 0.1) is 6.61 Å². The van der Waals surface area contributed by atoms with Crippen LogP contribution < -0.4 is 0 Å². The van der Waals surface area contributed by atoms with Gasteiger partial charge in [-0.05, 0) is 43.7 Å². The third-order valence-corrected chi connectivity index (χ3v) is 2.77. The lowest BCUT2D eigenvalue weighted by atomic mass is 9.97. The monoisotopic (exact) mass is 324 g/mol. The van der Waals surface area contributed by atoms with Crippen LogP contribution in [0.5, 0.6) is 0 Å². The highest BCUT2D eigenvalue weighted by Crippen LogP contribution is 2.26. The van der Waals surface area contributed by atoms with Crippen molar-refractivity contribution in [1.29, 1.82) is 0 Å². The van der Waals surface area contributed by atoms with Crippen molar-refractivity contribution in [2.45, 2.75) is 46.1 Å². The fourth-order valence-electron chi connectivity index (χ4n) is 1.90. The summed E-state index contributed by atoms with van der Waals surface area (Å²) in [4.78, 5) is 38.4. The van der Waals surface area contributed by atoms with E-state index in [1.54, 1.807) is 27.7 Å². The van der Waals surface area contributed by atoms with Crippen molar-refractivity contribution >= 4 is 17.8 Å². The second kappa shape index (κ2) is 7.17. The Bertz CT molecular complexity index is 621. The number of aryl methyl sites for hydroxylation is 1. The predicted molar refractivity (Wildman–Crippen MR) is 80.8 cm³/mol. The molecular weight excluding hydrogens is 304 g/mol. The molecule has 0 saturated heterocycles. The molecule has 0 aliphatic rings. The Morgan fingerprint density at radius 3 is 2.35 bits per heavy atom. The topological polar surface area (TPSA) is 109 Å². The van der Waals surface area contributed by atoms with Crippen LogP contribution in [0.15, 0.2) is 12.1 Å². The first kappa shape index (κ1) is 18.5. The van der Waals surface area contributed by atoms with Gasteiger partial charge in [-0.3, -0.25) is 9.59 Å². The van der Waals surface area contributed by atoms with Crippen LogP contribution in [0.25, 0.3) is 0 Å². The van der Waals surface area contributed by atoms with E-state index in [0.29, 0.717) is 0 Å². The van der Waals surface area contributed by atoms with Crippen LogP contribution in [0.3, 0.4) is 0 Å². The zero-order valence-electron chi connectivity index (χ0n) is 13.8. The molecular formula is C15H20N2O6. The van der Waals surface area contributed by atoms with Gasteiger partial charge in [0.15, 0.2) is 11.6 Å². The summed E-state index contributed by atoms with van der Waals surface area (Å²) in [6.45, 7) is 8.22. The molecule has 23 heavy (non-hydrogen) atoms. The SMILES string of the molecule is CCOC(=O)[C@@H](C(=O)OC(C)(C)C)c1ccc([N+](=O)[O-])nc1C. The Labute approximate surface area is 134 Å². The second-order valence-corrected chi connectivity index (χ2v) is 5.82. The minimum absolute atomic E-state index is 0.0948. The van der Waals surface area contributed by atoms with Gasteiger partial charge in [0.25, 0.3) is 0 Å². The first-order valence-corrected chi connectivity index (χ1v) is 7.08. The van der Waals surface area contributed by atoms with Gasteiger partial charge in [-0.1, -0.05) is 0 Å². The molecule has 1 heterocycles. The number of nitrogens with zero attached hydrogens (tertiary/aromatic N) is 2. The molecule has 0 aromatic carbocycles. The summed E-state index contributed by atoms with van der Waals surface area (Å²) >= 11 is 0. The molecule has 126 valence electrons. The lowest BCUT2D eigenvalue weighted by molar-refractivity contribution is -0.389. The molecule has 0 radical (unpaired) electrons. The van der Waals surface area contributed by atoms with Gasteiger partial charge >= 0.3 is 17.8 Å². The van der Waals surface area contributed by atoms with E-state index in [0.717, 1.165) is 6.07 Å². The van der Waals surface area contributed by atoms with Crippen molar-refractivity contribution < 1.29 is 24.0 Å². The average Bonchev–Trinajstić information content (AvgIpc) is 2.38. The van der Waals surface area contributed by atoms with E-state index >= 15 is 0 Å². The number of aromatic nitrogens is 1. The minimum Gasteiger partial charge on any atom is -0.465 e. The van der Waals surface area contributed by atoms with Gasteiger partial charge in [-0.15, -0.1) is 0 Å². The van der Waals surface area contributed by atoms with Crippen molar-refractivity contribution in [3.63, 3.8) is 0 Å². The van der Waals surface area contributed by atoms with Crippen LogP contribution in [-0.2, 0) is 19.1 Å². The lowest BCUT2D eigenvalue weighted by Crippen LogP contribution is -2.33. The van der Waals surface area contributed by atoms with E-state index < -0.39 is 28.4 Å². The maximum Gasteiger partial charge on any atom is 0.363 e. The third kappa shape index (κ3) is 5.01. The number of rotatable bonds is 5. The molecule has 0 fully saturated rings. The Morgan fingerprint density at radius 1 is 1.30 bits per heavy atom. The Kier molecular flexibility index (Phi) is 5.78. The summed E-state index contributed by atoms with van der Waals surface area (Å²) in [7, 11) is 0. The summed E-state index contributed by atoms with van der Waals surface area (Å²) in [5.41, 5.74) is -0.365. The van der Waals surface area contributed by atoms with Gasteiger partial charge in [0, 0.05) is 18.6 Å². The third-order valence-electron chi connectivity index (χ3n) is 2.77. The van der Waals surface area contributed by atoms with E-state index in [1.807, 2.05) is 0 Å². The summed E-state index contributed by atoms with van der Waals surface area (Å²) < 4.78 is 10.2. The molecule has 0 unspecified atom stereocenters. The molecule has 1 aromatic rings. The maximum atomic E-state index is 12.4. The molecule has 1 rings (SSSR count). The van der Waals surface area contributed by atoms with Crippen molar-refractivity contribution in [3.05, 3.63) is 33.5 Å². The highest BCUT2D eigenvalue weighted by Gasteiger charge is 2.36. The first-order chi connectivity index (χ1) is 10.6. The van der Waals surface area contributed by atoms with Gasteiger partial charge in [-0.2, -0.15) is 0 Å². The fraction of sp³-hybridized carbons (Fsp3) is 0.533. The summed E-state index contributed by atoms with van der Waals surface area (Å²) in [5, 5.41) is 10.8. The van der Waals surface area contributed by atoms with Gasteiger partial charge in [-0.25, -0.2) is 0 Å². The van der Waals surface area contributed by atoms with Crippen molar-refractivity contribution in [1.82, 2.24) is 4.98 Å². The lowest BCUT2D eigenvalue weighted by Gasteiger charge is -2.23. The second-order valence-electron chi connectivity index (χ2n) is 5.82. The molecule has 0 aliphatic heterocycles. The number of esters is 2. The summed E-state index contributed by atoms with van der Waals surface area (Å²) in [6.07, 6.45) is 0. The first-order valence-electron chi connectivity index (χ1n) is 7.08. The molecule has 8 heteroatoms.